The van der Waals surface area contributed by atoms with Crippen LogP contribution in [0.3, 0.4) is 0 Å². The molecule has 0 saturated heterocycles. The van der Waals surface area contributed by atoms with Crippen molar-refractivity contribution < 1.29 is 9.59 Å². The lowest BCUT2D eigenvalue weighted by molar-refractivity contribution is -0.116. The molecule has 2 aromatic rings. The van der Waals surface area contributed by atoms with Crippen LogP contribution >= 0.6 is 15.9 Å². The normalized spacial score (nSPS) is 11.9. The number of hydrogen-bond donors (Lipinski definition) is 2. The number of nitrogens with one attached hydrogen (secondary N) is 2. The maximum absolute atomic E-state index is 12.9. The second-order valence-electron chi connectivity index (χ2n) is 9.66. The van der Waals surface area contributed by atoms with Gasteiger partial charge in [-0.15, -0.1) is 0 Å². The Morgan fingerprint density at radius 1 is 1.10 bits per heavy atom. The SMILES string of the molecule is CCCN(CC(=O)Nc1cc(C(C)(C)C)nn1C(C)(C)C)C(=O)Nc1cccc(Br)c1. The number of urea groups is 1. The average molecular weight is 492 g/mol. The first-order valence-corrected chi connectivity index (χ1v) is 11.3. The first-order valence-electron chi connectivity index (χ1n) is 10.5. The molecule has 0 radical (unpaired) electrons. The summed E-state index contributed by atoms with van der Waals surface area (Å²) in [4.78, 5) is 27.1. The fourth-order valence-electron chi connectivity index (χ4n) is 2.99. The predicted molar refractivity (Wildman–Crippen MR) is 130 cm³/mol. The molecule has 0 aliphatic heterocycles. The number of benzene rings is 1. The van der Waals surface area contributed by atoms with Crippen molar-refractivity contribution in [3.05, 3.63) is 40.5 Å². The molecule has 170 valence electrons. The van der Waals surface area contributed by atoms with Gasteiger partial charge in [0.15, 0.2) is 0 Å². The number of anilines is 2. The molecule has 1 aromatic heterocycles. The molecule has 7 nitrogen and oxygen atoms in total. The summed E-state index contributed by atoms with van der Waals surface area (Å²) in [6, 6.07) is 8.96. The third-order valence-electron chi connectivity index (χ3n) is 4.57. The Bertz CT molecular complexity index is 925. The molecule has 0 aliphatic carbocycles. The van der Waals surface area contributed by atoms with Crippen molar-refractivity contribution in [2.24, 2.45) is 0 Å². The highest BCUT2D eigenvalue weighted by atomic mass is 79.9. The molecule has 0 atom stereocenters. The molecule has 0 fully saturated rings. The zero-order valence-corrected chi connectivity index (χ0v) is 21.1. The number of amides is 3. The first-order chi connectivity index (χ1) is 14.3. The van der Waals surface area contributed by atoms with Gasteiger partial charge in [0.1, 0.15) is 12.4 Å². The zero-order chi connectivity index (χ0) is 23.4. The van der Waals surface area contributed by atoms with Crippen LogP contribution in [-0.2, 0) is 15.7 Å². The van der Waals surface area contributed by atoms with E-state index in [0.717, 1.165) is 16.6 Å². The predicted octanol–water partition coefficient (Wildman–Crippen LogP) is 5.58. The smallest absolute Gasteiger partial charge is 0.315 e. The van der Waals surface area contributed by atoms with E-state index in [9.17, 15) is 9.59 Å². The van der Waals surface area contributed by atoms with Crippen LogP contribution in [0, 0.1) is 0 Å². The monoisotopic (exact) mass is 491 g/mol. The van der Waals surface area contributed by atoms with Crippen LogP contribution in [0.1, 0.15) is 60.6 Å². The van der Waals surface area contributed by atoms with Gasteiger partial charge in [-0.2, -0.15) is 5.10 Å². The summed E-state index contributed by atoms with van der Waals surface area (Å²) in [7, 11) is 0. The molecule has 2 rings (SSSR count). The fraction of sp³-hybridized carbons (Fsp3) is 0.522. The van der Waals surface area contributed by atoms with Crippen molar-refractivity contribution in [1.82, 2.24) is 14.7 Å². The summed E-state index contributed by atoms with van der Waals surface area (Å²) < 4.78 is 2.70. The molecule has 3 amide bonds. The van der Waals surface area contributed by atoms with Crippen LogP contribution in [0.5, 0.6) is 0 Å². The summed E-state index contributed by atoms with van der Waals surface area (Å²) in [5.74, 6) is 0.370. The number of carbonyl (C=O) groups is 2. The summed E-state index contributed by atoms with van der Waals surface area (Å²) in [6.45, 7) is 14.8. The van der Waals surface area contributed by atoms with Crippen molar-refractivity contribution in [3.8, 4) is 0 Å². The number of hydrogen-bond acceptors (Lipinski definition) is 3. The van der Waals surface area contributed by atoms with Crippen LogP contribution < -0.4 is 10.6 Å². The molecule has 0 aliphatic rings. The Morgan fingerprint density at radius 2 is 1.77 bits per heavy atom. The third kappa shape index (κ3) is 7.09. The number of carbonyl (C=O) groups excluding carboxylic acids is 2. The second kappa shape index (κ2) is 9.85. The van der Waals surface area contributed by atoms with Gasteiger partial charge in [0, 0.05) is 28.2 Å². The Balaban J connectivity index is 2.16. The summed E-state index contributed by atoms with van der Waals surface area (Å²) >= 11 is 3.40. The van der Waals surface area contributed by atoms with Crippen molar-refractivity contribution in [3.63, 3.8) is 0 Å². The van der Waals surface area contributed by atoms with Gasteiger partial charge < -0.3 is 15.5 Å². The zero-order valence-electron chi connectivity index (χ0n) is 19.5. The number of nitrogens with zero attached hydrogens (tertiary/aromatic N) is 3. The Kier molecular flexibility index (Phi) is 7.92. The minimum Gasteiger partial charge on any atom is -0.315 e. The fourth-order valence-corrected chi connectivity index (χ4v) is 3.39. The van der Waals surface area contributed by atoms with E-state index in [1.54, 1.807) is 0 Å². The molecule has 0 bridgehead atoms. The van der Waals surface area contributed by atoms with Gasteiger partial charge in [-0.05, 0) is 45.4 Å². The topological polar surface area (TPSA) is 79.3 Å². The average Bonchev–Trinajstić information content (AvgIpc) is 3.06. The second-order valence-corrected chi connectivity index (χ2v) is 10.6. The van der Waals surface area contributed by atoms with Gasteiger partial charge in [-0.1, -0.05) is 49.7 Å². The molecule has 8 heteroatoms. The Hall–Kier alpha value is -2.35. The molecule has 1 aromatic carbocycles. The molecule has 2 N–H and O–H groups in total. The van der Waals surface area contributed by atoms with Crippen LogP contribution in [0.2, 0.25) is 0 Å². The van der Waals surface area contributed by atoms with Crippen LogP contribution in [0.4, 0.5) is 16.3 Å². The highest BCUT2D eigenvalue weighted by Crippen LogP contribution is 2.28. The van der Waals surface area contributed by atoms with Crippen molar-refractivity contribution in [2.75, 3.05) is 23.7 Å². The molecule has 0 spiro atoms. The van der Waals surface area contributed by atoms with E-state index in [0.29, 0.717) is 18.1 Å². The van der Waals surface area contributed by atoms with Crippen LogP contribution in [0.25, 0.3) is 0 Å². The standard InChI is InChI=1S/C23H34BrN5O2/c1-8-12-28(21(31)25-17-11-9-10-16(24)13-17)15-20(30)26-19-14-18(22(2,3)4)27-29(19)23(5,6)7/h9-11,13-14H,8,12,15H2,1-7H3,(H,25,31)(H,26,30). The minimum absolute atomic E-state index is 0.0478. The molecule has 1 heterocycles. The van der Waals surface area contributed by atoms with E-state index >= 15 is 0 Å². The maximum atomic E-state index is 12.9. The highest BCUT2D eigenvalue weighted by Gasteiger charge is 2.26. The maximum Gasteiger partial charge on any atom is 0.322 e. The van der Waals surface area contributed by atoms with Gasteiger partial charge >= 0.3 is 6.03 Å². The minimum atomic E-state index is -0.310. The van der Waals surface area contributed by atoms with Gasteiger partial charge in [0.05, 0.1) is 11.2 Å². The van der Waals surface area contributed by atoms with Crippen molar-refractivity contribution in [1.29, 1.82) is 0 Å². The van der Waals surface area contributed by atoms with Crippen LogP contribution in [-0.4, -0.2) is 39.7 Å². The van der Waals surface area contributed by atoms with Gasteiger partial charge in [-0.3, -0.25) is 4.79 Å². The first kappa shape index (κ1) is 24.9. The lowest BCUT2D eigenvalue weighted by Gasteiger charge is -2.24. The van der Waals surface area contributed by atoms with E-state index in [-0.39, 0.29) is 29.4 Å². The summed E-state index contributed by atoms with van der Waals surface area (Å²) in [6.07, 6.45) is 0.743. The number of rotatable bonds is 6. The largest absolute Gasteiger partial charge is 0.322 e. The van der Waals surface area contributed by atoms with E-state index in [2.05, 4.69) is 47.3 Å². The number of aromatic nitrogens is 2. The summed E-state index contributed by atoms with van der Waals surface area (Å²) in [5, 5.41) is 10.5. The van der Waals surface area contributed by atoms with E-state index in [1.807, 2.05) is 62.7 Å². The number of halogens is 1. The quantitative estimate of drug-likeness (QED) is 0.553. The van der Waals surface area contributed by atoms with Crippen molar-refractivity contribution in [2.45, 2.75) is 65.8 Å². The lowest BCUT2D eigenvalue weighted by Crippen LogP contribution is -2.41. The van der Waals surface area contributed by atoms with E-state index in [4.69, 9.17) is 5.10 Å². The van der Waals surface area contributed by atoms with Gasteiger partial charge in [0.25, 0.3) is 0 Å². The van der Waals surface area contributed by atoms with E-state index < -0.39 is 0 Å². The van der Waals surface area contributed by atoms with Gasteiger partial charge in [-0.25, -0.2) is 9.48 Å². The molecular weight excluding hydrogens is 458 g/mol. The highest BCUT2D eigenvalue weighted by molar-refractivity contribution is 9.10. The third-order valence-corrected chi connectivity index (χ3v) is 5.07. The Morgan fingerprint density at radius 3 is 2.32 bits per heavy atom. The summed E-state index contributed by atoms with van der Waals surface area (Å²) in [5.41, 5.74) is 1.12. The molecular formula is C23H34BrN5O2. The molecule has 0 saturated carbocycles. The molecule has 31 heavy (non-hydrogen) atoms. The van der Waals surface area contributed by atoms with E-state index in [1.165, 1.54) is 4.90 Å². The van der Waals surface area contributed by atoms with Crippen LogP contribution in [0.15, 0.2) is 34.8 Å². The van der Waals surface area contributed by atoms with Gasteiger partial charge in [0.2, 0.25) is 5.91 Å². The Labute approximate surface area is 193 Å². The lowest BCUT2D eigenvalue weighted by atomic mass is 9.92. The molecule has 0 unspecified atom stereocenters. The van der Waals surface area contributed by atoms with Crippen molar-refractivity contribution >= 4 is 39.4 Å².